The molecule has 18 heavy (non-hydrogen) atoms. The monoisotopic (exact) mass is 243 g/mol. The number of allylic oxidation sites excluding steroid dienone is 2. The van der Waals surface area contributed by atoms with Gasteiger partial charge in [0.05, 0.1) is 5.57 Å². The van der Waals surface area contributed by atoms with E-state index in [1.54, 1.807) is 30.3 Å². The predicted octanol–water partition coefficient (Wildman–Crippen LogP) is 1.58. The van der Waals surface area contributed by atoms with Crippen LogP contribution in [0.5, 0.6) is 0 Å². The molecule has 90 valence electrons. The predicted molar refractivity (Wildman–Crippen MR) is 63.8 cm³/mol. The van der Waals surface area contributed by atoms with Gasteiger partial charge in [-0.2, -0.15) is 0 Å². The van der Waals surface area contributed by atoms with E-state index in [-0.39, 0.29) is 5.57 Å². The minimum absolute atomic E-state index is 0.148. The third kappa shape index (κ3) is 2.10. The first kappa shape index (κ1) is 11.9. The Morgan fingerprint density at radius 1 is 1.22 bits per heavy atom. The van der Waals surface area contributed by atoms with E-state index in [9.17, 15) is 19.7 Å². The van der Waals surface area contributed by atoms with Crippen molar-refractivity contribution in [1.29, 1.82) is 0 Å². The van der Waals surface area contributed by atoms with Crippen molar-refractivity contribution in [3.63, 3.8) is 0 Å². The largest absolute Gasteiger partial charge is 0.293 e. The summed E-state index contributed by atoms with van der Waals surface area (Å²) in [6.45, 7) is 0. The van der Waals surface area contributed by atoms with Gasteiger partial charge in [-0.1, -0.05) is 36.4 Å². The highest BCUT2D eigenvalue weighted by atomic mass is 16.6. The first-order chi connectivity index (χ1) is 8.61. The molecule has 0 fully saturated rings. The van der Waals surface area contributed by atoms with Crippen LogP contribution < -0.4 is 0 Å². The number of carbonyl (C=O) groups is 2. The Labute approximate surface area is 103 Å². The fourth-order valence-corrected chi connectivity index (χ4v) is 1.68. The molecule has 1 aromatic carbocycles. The normalized spacial score (nSPS) is 18.3. The van der Waals surface area contributed by atoms with Gasteiger partial charge in [0.1, 0.15) is 0 Å². The Morgan fingerprint density at radius 3 is 2.50 bits per heavy atom. The maximum atomic E-state index is 12.0. The second-order valence-electron chi connectivity index (χ2n) is 3.75. The number of carbonyl (C=O) groups excluding carboxylic acids is 2. The number of rotatable bonds is 3. The SMILES string of the molecule is O=C(C1=CC=CC([N+](=O)[O-])C1=O)c1ccccc1. The Morgan fingerprint density at radius 2 is 1.89 bits per heavy atom. The van der Waals surface area contributed by atoms with Crippen LogP contribution in [0.4, 0.5) is 0 Å². The van der Waals surface area contributed by atoms with Crippen molar-refractivity contribution in [2.75, 3.05) is 0 Å². The lowest BCUT2D eigenvalue weighted by atomic mass is 9.92. The lowest BCUT2D eigenvalue weighted by Gasteiger charge is -2.10. The molecule has 1 unspecified atom stereocenters. The summed E-state index contributed by atoms with van der Waals surface area (Å²) < 4.78 is 0. The molecule has 1 aliphatic carbocycles. The highest BCUT2D eigenvalue weighted by molar-refractivity contribution is 6.28. The van der Waals surface area contributed by atoms with Crippen LogP contribution in [0, 0.1) is 10.1 Å². The van der Waals surface area contributed by atoms with Crippen molar-refractivity contribution in [3.8, 4) is 0 Å². The van der Waals surface area contributed by atoms with E-state index in [1.165, 1.54) is 18.2 Å². The maximum absolute atomic E-state index is 12.0. The van der Waals surface area contributed by atoms with Crippen LogP contribution in [0.3, 0.4) is 0 Å². The van der Waals surface area contributed by atoms with Crippen molar-refractivity contribution in [3.05, 3.63) is 69.8 Å². The molecule has 0 heterocycles. The fourth-order valence-electron chi connectivity index (χ4n) is 1.68. The van der Waals surface area contributed by atoms with Gasteiger partial charge in [-0.3, -0.25) is 19.7 Å². The highest BCUT2D eigenvalue weighted by Gasteiger charge is 2.34. The first-order valence-electron chi connectivity index (χ1n) is 5.27. The zero-order valence-corrected chi connectivity index (χ0v) is 9.28. The molecule has 0 N–H and O–H groups in total. The van der Waals surface area contributed by atoms with Crippen LogP contribution in [0.15, 0.2) is 54.1 Å². The van der Waals surface area contributed by atoms with Crippen LogP contribution >= 0.6 is 0 Å². The number of hydrogen-bond donors (Lipinski definition) is 0. The van der Waals surface area contributed by atoms with Crippen molar-refractivity contribution in [2.24, 2.45) is 0 Å². The molecule has 0 aromatic heterocycles. The van der Waals surface area contributed by atoms with Gasteiger partial charge in [-0.15, -0.1) is 0 Å². The topological polar surface area (TPSA) is 77.3 Å². The molecule has 0 amide bonds. The summed E-state index contributed by atoms with van der Waals surface area (Å²) >= 11 is 0. The van der Waals surface area contributed by atoms with E-state index in [4.69, 9.17) is 0 Å². The van der Waals surface area contributed by atoms with E-state index >= 15 is 0 Å². The molecule has 0 saturated heterocycles. The Balaban J connectivity index is 2.32. The highest BCUT2D eigenvalue weighted by Crippen LogP contribution is 2.16. The maximum Gasteiger partial charge on any atom is 0.293 e. The molecule has 0 bridgehead atoms. The quantitative estimate of drug-likeness (QED) is 0.349. The summed E-state index contributed by atoms with van der Waals surface area (Å²) in [4.78, 5) is 33.8. The summed E-state index contributed by atoms with van der Waals surface area (Å²) in [7, 11) is 0. The molecule has 0 aliphatic heterocycles. The Bertz CT molecular complexity index is 572. The van der Waals surface area contributed by atoms with E-state index in [0.717, 1.165) is 0 Å². The van der Waals surface area contributed by atoms with Gasteiger partial charge in [0, 0.05) is 10.5 Å². The number of benzene rings is 1. The molecule has 2 rings (SSSR count). The third-order valence-corrected chi connectivity index (χ3v) is 2.60. The molecular formula is C13H9NO4. The number of nitrogens with zero attached hydrogens (tertiary/aromatic N) is 1. The van der Waals surface area contributed by atoms with Crippen molar-refractivity contribution in [1.82, 2.24) is 0 Å². The van der Waals surface area contributed by atoms with Crippen molar-refractivity contribution in [2.45, 2.75) is 6.04 Å². The second kappa shape index (κ2) is 4.75. The summed E-state index contributed by atoms with van der Waals surface area (Å²) in [6.07, 6.45) is 3.85. The summed E-state index contributed by atoms with van der Waals surface area (Å²) in [6, 6.07) is 6.75. The zero-order chi connectivity index (χ0) is 13.1. The minimum atomic E-state index is -1.46. The van der Waals surface area contributed by atoms with Crippen LogP contribution in [0.2, 0.25) is 0 Å². The van der Waals surface area contributed by atoms with Crippen molar-refractivity contribution < 1.29 is 14.5 Å². The van der Waals surface area contributed by atoms with E-state index < -0.39 is 22.5 Å². The number of ketones is 2. The fraction of sp³-hybridized carbons (Fsp3) is 0.0769. The lowest BCUT2D eigenvalue weighted by Crippen LogP contribution is -2.32. The molecular weight excluding hydrogens is 234 g/mol. The van der Waals surface area contributed by atoms with Gasteiger partial charge in [-0.05, 0) is 12.2 Å². The van der Waals surface area contributed by atoms with Crippen LogP contribution in [-0.4, -0.2) is 22.5 Å². The Kier molecular flexibility index (Phi) is 3.14. The molecule has 0 saturated carbocycles. The molecule has 0 radical (unpaired) electrons. The average molecular weight is 243 g/mol. The lowest BCUT2D eigenvalue weighted by molar-refractivity contribution is -0.494. The van der Waals surface area contributed by atoms with Crippen molar-refractivity contribution >= 4 is 11.6 Å². The minimum Gasteiger partial charge on any atom is -0.288 e. The molecule has 0 spiro atoms. The molecule has 1 aromatic rings. The van der Waals surface area contributed by atoms with E-state index in [2.05, 4.69) is 0 Å². The van der Waals surface area contributed by atoms with Gasteiger partial charge < -0.3 is 0 Å². The molecule has 5 nitrogen and oxygen atoms in total. The second-order valence-corrected chi connectivity index (χ2v) is 3.75. The van der Waals surface area contributed by atoms with Gasteiger partial charge in [0.2, 0.25) is 5.78 Å². The van der Waals surface area contributed by atoms with E-state index in [0.29, 0.717) is 5.56 Å². The van der Waals surface area contributed by atoms with Gasteiger partial charge in [0.15, 0.2) is 5.78 Å². The Hall–Kier alpha value is -2.56. The molecule has 5 heteroatoms. The summed E-state index contributed by atoms with van der Waals surface area (Å²) in [5, 5.41) is 10.7. The molecule has 1 aliphatic rings. The smallest absolute Gasteiger partial charge is 0.288 e. The first-order valence-corrected chi connectivity index (χ1v) is 5.27. The average Bonchev–Trinajstić information content (AvgIpc) is 2.39. The van der Waals surface area contributed by atoms with Crippen LogP contribution in [0.25, 0.3) is 0 Å². The summed E-state index contributed by atoms with van der Waals surface area (Å²) in [5.74, 6) is -1.26. The number of Topliss-reactive ketones (excluding diaryl/α,β-unsaturated/α-hetero) is 2. The summed E-state index contributed by atoms with van der Waals surface area (Å²) in [5.41, 5.74) is 0.194. The van der Waals surface area contributed by atoms with Gasteiger partial charge in [0.25, 0.3) is 6.04 Å². The number of hydrogen-bond acceptors (Lipinski definition) is 4. The standard InChI is InChI=1S/C13H9NO4/c15-12(9-5-2-1-3-6-9)10-7-4-8-11(13(10)16)14(17)18/h1-8,11H. The van der Waals surface area contributed by atoms with Gasteiger partial charge >= 0.3 is 0 Å². The van der Waals surface area contributed by atoms with Crippen LogP contribution in [0.1, 0.15) is 10.4 Å². The van der Waals surface area contributed by atoms with Crippen LogP contribution in [-0.2, 0) is 4.79 Å². The number of nitro groups is 1. The van der Waals surface area contributed by atoms with Gasteiger partial charge in [-0.25, -0.2) is 0 Å². The zero-order valence-electron chi connectivity index (χ0n) is 9.28. The van der Waals surface area contributed by atoms with E-state index in [1.807, 2.05) is 0 Å². The molecule has 1 atom stereocenters. The third-order valence-electron chi connectivity index (χ3n) is 2.60.